The number of benzene rings is 4. The molecular formula is C55H52F3N9O7S. The van der Waals surface area contributed by atoms with Gasteiger partial charge in [0.05, 0.1) is 40.0 Å². The number of nitrogens with zero attached hydrogens (tertiary/aromatic N) is 6. The Labute approximate surface area is 432 Å². The summed E-state index contributed by atoms with van der Waals surface area (Å²) in [6, 6.07) is 25.3. The fraction of sp³-hybridized carbons (Fsp3) is 0.345. The average Bonchev–Trinajstić information content (AvgIpc) is 3.96. The Kier molecular flexibility index (Phi) is 13.1. The summed E-state index contributed by atoms with van der Waals surface area (Å²) in [5, 5.41) is 24.6. The second-order valence-electron chi connectivity index (χ2n) is 20.0. The number of halogens is 3. The Hall–Kier alpha value is -7.71. The van der Waals surface area contributed by atoms with E-state index in [0.29, 0.717) is 67.4 Å². The fourth-order valence-electron chi connectivity index (χ4n) is 11.4. The standard InChI is InChI=1S/C55H52F3N9O7S/c1-65-41-28-32(12-13-37(41)48(64-65)38-15-17-45(68)62-51(38)71)59-46(69)30-66-26-23-54(24-27-66)21-18-33(19-22-54)74-42-10-5-7-34(47(42)55(56,57)58)35-14-16-44(61-49(35)52(72)73)67-25-20-31-6-4-8-36(39(31)29-67)50(70)63-53-60-40-9-2-3-11-43(40)75-53/h2-14,16,28,33,38H,15,17-27,29-30H2,1H3,(H,59,69)(H,72,73)(H,60,63,70)(H,62,68,71). The highest BCUT2D eigenvalue weighted by Crippen LogP contribution is 2.48. The molecule has 1 spiro atoms. The first kappa shape index (κ1) is 49.5. The zero-order chi connectivity index (χ0) is 52.2. The zero-order valence-corrected chi connectivity index (χ0v) is 41.7. The summed E-state index contributed by atoms with van der Waals surface area (Å²) in [7, 11) is 1.77. The third-order valence-corrected chi connectivity index (χ3v) is 16.3. The Bertz CT molecular complexity index is 3400. The number of piperidine rings is 2. The number of carbonyl (C=O) groups is 5. The van der Waals surface area contributed by atoms with Crippen LogP contribution in [0.3, 0.4) is 0 Å². The van der Waals surface area contributed by atoms with E-state index in [0.717, 1.165) is 57.9 Å². The van der Waals surface area contributed by atoms with Crippen molar-refractivity contribution in [2.24, 2.45) is 12.5 Å². The van der Waals surface area contributed by atoms with Gasteiger partial charge in [0, 0.05) is 54.3 Å². The monoisotopic (exact) mass is 1040 g/mol. The molecule has 0 bridgehead atoms. The highest BCUT2D eigenvalue weighted by atomic mass is 32.1. The molecule has 4 aromatic carbocycles. The molecule has 3 aliphatic heterocycles. The number of para-hydroxylation sites is 1. The summed E-state index contributed by atoms with van der Waals surface area (Å²) in [6.45, 7) is 2.20. The summed E-state index contributed by atoms with van der Waals surface area (Å²) >= 11 is 1.36. The molecule has 386 valence electrons. The number of aromatic nitrogens is 4. The van der Waals surface area contributed by atoms with Crippen LogP contribution in [0.4, 0.5) is 29.8 Å². The number of anilines is 3. The van der Waals surface area contributed by atoms with E-state index in [2.05, 4.69) is 35.9 Å². The lowest BCUT2D eigenvalue weighted by Crippen LogP contribution is -2.45. The molecule has 4 N–H and O–H groups in total. The summed E-state index contributed by atoms with van der Waals surface area (Å²) in [4.78, 5) is 77.0. The van der Waals surface area contributed by atoms with E-state index < -0.39 is 35.4 Å². The number of imide groups is 1. The first-order chi connectivity index (χ1) is 36.1. The minimum absolute atomic E-state index is 0.0300. The van der Waals surface area contributed by atoms with Gasteiger partial charge in [-0.1, -0.05) is 47.7 Å². The predicted octanol–water partition coefficient (Wildman–Crippen LogP) is 9.34. The number of aryl methyl sites for hydroxylation is 1. The molecule has 6 heterocycles. The summed E-state index contributed by atoms with van der Waals surface area (Å²) < 4.78 is 54.5. The molecule has 16 nitrogen and oxygen atoms in total. The largest absolute Gasteiger partial charge is 0.490 e. The Morgan fingerprint density at radius 2 is 1.65 bits per heavy atom. The first-order valence-electron chi connectivity index (χ1n) is 25.0. The van der Waals surface area contributed by atoms with Crippen LogP contribution in [0.2, 0.25) is 0 Å². The van der Waals surface area contributed by atoms with Crippen molar-refractivity contribution in [3.63, 3.8) is 0 Å². The van der Waals surface area contributed by atoms with Gasteiger partial charge in [-0.3, -0.25) is 39.4 Å². The molecule has 1 aliphatic carbocycles. The van der Waals surface area contributed by atoms with Gasteiger partial charge in [-0.05, 0) is 136 Å². The summed E-state index contributed by atoms with van der Waals surface area (Å²) in [5.41, 5.74) is 2.61. The van der Waals surface area contributed by atoms with Crippen LogP contribution in [-0.2, 0) is 40.6 Å². The molecule has 4 aliphatic rings. The average molecular weight is 1040 g/mol. The predicted molar refractivity (Wildman–Crippen MR) is 276 cm³/mol. The van der Waals surface area contributed by atoms with E-state index in [9.17, 15) is 29.1 Å². The number of alkyl halides is 3. The zero-order valence-electron chi connectivity index (χ0n) is 40.8. The van der Waals surface area contributed by atoms with Crippen LogP contribution in [0, 0.1) is 5.41 Å². The van der Waals surface area contributed by atoms with E-state index in [4.69, 9.17) is 4.74 Å². The van der Waals surface area contributed by atoms with Crippen LogP contribution in [0.5, 0.6) is 5.75 Å². The van der Waals surface area contributed by atoms with Gasteiger partial charge in [-0.25, -0.2) is 14.8 Å². The highest BCUT2D eigenvalue weighted by Gasteiger charge is 2.42. The van der Waals surface area contributed by atoms with Crippen LogP contribution in [-0.4, -0.2) is 91.6 Å². The second kappa shape index (κ2) is 19.9. The van der Waals surface area contributed by atoms with Crippen LogP contribution in [0.25, 0.3) is 32.2 Å². The van der Waals surface area contributed by atoms with E-state index in [1.54, 1.807) is 23.9 Å². The highest BCUT2D eigenvalue weighted by molar-refractivity contribution is 7.22. The third-order valence-electron chi connectivity index (χ3n) is 15.3. The number of rotatable bonds is 11. The number of carboxylic acids is 1. The number of aromatic carboxylic acids is 1. The van der Waals surface area contributed by atoms with Gasteiger partial charge >= 0.3 is 12.1 Å². The van der Waals surface area contributed by atoms with Crippen molar-refractivity contribution in [2.75, 3.05) is 41.7 Å². The first-order valence-corrected chi connectivity index (χ1v) is 25.9. The lowest BCUT2D eigenvalue weighted by atomic mass is 9.67. The number of hydrogen-bond donors (Lipinski definition) is 4. The number of thiazole rings is 1. The molecule has 1 unspecified atom stereocenters. The van der Waals surface area contributed by atoms with E-state index >= 15 is 13.2 Å². The van der Waals surface area contributed by atoms with Crippen LogP contribution >= 0.6 is 11.3 Å². The van der Waals surface area contributed by atoms with Crippen molar-refractivity contribution < 1.29 is 47.0 Å². The van der Waals surface area contributed by atoms with Crippen molar-refractivity contribution in [1.82, 2.24) is 30.0 Å². The number of amides is 4. The lowest BCUT2D eigenvalue weighted by Gasteiger charge is -2.45. The molecule has 7 aromatic rings. The van der Waals surface area contributed by atoms with Crippen molar-refractivity contribution in [1.29, 1.82) is 0 Å². The van der Waals surface area contributed by atoms with Crippen LogP contribution in [0.1, 0.15) is 101 Å². The number of likely N-dealkylation sites (tertiary alicyclic amines) is 1. The second-order valence-corrected chi connectivity index (χ2v) is 21.0. The number of pyridine rings is 1. The quantitative estimate of drug-likeness (QED) is 0.0897. The van der Waals surface area contributed by atoms with E-state index in [-0.39, 0.29) is 71.2 Å². The van der Waals surface area contributed by atoms with Crippen molar-refractivity contribution >= 4 is 78.7 Å². The Morgan fingerprint density at radius 3 is 2.41 bits per heavy atom. The molecule has 3 aromatic heterocycles. The maximum Gasteiger partial charge on any atom is 0.420 e. The molecule has 4 amide bonds. The Balaban J connectivity index is 0.723. The van der Waals surface area contributed by atoms with E-state index in [1.165, 1.54) is 41.7 Å². The molecule has 1 saturated carbocycles. The molecule has 1 atom stereocenters. The van der Waals surface area contributed by atoms with Crippen molar-refractivity contribution in [2.45, 2.75) is 82.5 Å². The molecule has 3 fully saturated rings. The molecular weight excluding hydrogens is 988 g/mol. The maximum absolute atomic E-state index is 15.2. The molecule has 2 saturated heterocycles. The van der Waals surface area contributed by atoms with Gasteiger partial charge in [0.15, 0.2) is 10.8 Å². The van der Waals surface area contributed by atoms with Gasteiger partial charge < -0.3 is 20.1 Å². The maximum atomic E-state index is 15.2. The van der Waals surface area contributed by atoms with Gasteiger partial charge in [0.2, 0.25) is 17.7 Å². The number of carboxylic acid groups (broad SMARTS) is 1. The fourth-order valence-corrected chi connectivity index (χ4v) is 12.3. The van der Waals surface area contributed by atoms with Crippen LogP contribution < -0.4 is 25.6 Å². The number of ether oxygens (including phenoxy) is 1. The lowest BCUT2D eigenvalue weighted by molar-refractivity contribution is -0.139. The van der Waals surface area contributed by atoms with Crippen molar-refractivity contribution in [3.8, 4) is 16.9 Å². The number of fused-ring (bicyclic) bond motifs is 3. The normalized spacial score (nSPS) is 18.2. The van der Waals surface area contributed by atoms with Crippen LogP contribution in [0.15, 0.2) is 91.0 Å². The Morgan fingerprint density at radius 1 is 0.867 bits per heavy atom. The summed E-state index contributed by atoms with van der Waals surface area (Å²) in [5.74, 6) is -3.33. The number of hydrogen-bond acceptors (Lipinski definition) is 12. The summed E-state index contributed by atoms with van der Waals surface area (Å²) in [6.07, 6.45) is -0.0507. The molecule has 0 radical (unpaired) electrons. The number of carbonyl (C=O) groups excluding carboxylic acids is 4. The van der Waals surface area contributed by atoms with E-state index in [1.807, 2.05) is 53.4 Å². The van der Waals surface area contributed by atoms with Gasteiger partial charge in [0.1, 0.15) is 17.1 Å². The van der Waals surface area contributed by atoms with Crippen molar-refractivity contribution in [3.05, 3.63) is 125 Å². The number of nitrogens with one attached hydrogen (secondary N) is 3. The topological polar surface area (TPSA) is 201 Å². The smallest absolute Gasteiger partial charge is 0.420 e. The molecule has 75 heavy (non-hydrogen) atoms. The minimum Gasteiger partial charge on any atom is -0.490 e. The van der Waals surface area contributed by atoms with Gasteiger partial charge in [0.25, 0.3) is 5.91 Å². The molecule has 20 heteroatoms. The van der Waals surface area contributed by atoms with Gasteiger partial charge in [-0.2, -0.15) is 18.3 Å². The molecule has 11 rings (SSSR count). The minimum atomic E-state index is -4.90. The van der Waals surface area contributed by atoms with Gasteiger partial charge in [-0.15, -0.1) is 0 Å². The third kappa shape index (κ3) is 10.0. The SMILES string of the molecule is Cn1nc(C2CCC(=O)NC2=O)c2ccc(NC(=O)CN3CCC4(CCC(Oc5cccc(-c6ccc(N7CCc8cccc(C(=O)Nc9nc%10ccccc%10s9)c8C7)nc6C(=O)O)c5C(F)(F)F)CC4)CC3)cc21.